The molecule has 0 amide bonds. The predicted octanol–water partition coefficient (Wildman–Crippen LogP) is 3.15. The third-order valence-electron chi connectivity index (χ3n) is 0.513. The second-order valence-electron chi connectivity index (χ2n) is 1.60. The summed E-state index contributed by atoms with van der Waals surface area (Å²) in [6.45, 7) is 1.30. The first kappa shape index (κ1) is 8.82. The minimum absolute atomic E-state index is 0.174. The van der Waals surface area contributed by atoms with Crippen LogP contribution in [0, 0.1) is 0 Å². The van der Waals surface area contributed by atoms with E-state index in [1.807, 2.05) is 0 Å². The molecule has 0 N–H and O–H groups in total. The van der Waals surface area contributed by atoms with Crippen molar-refractivity contribution in [2.24, 2.45) is 0 Å². The molecular weight excluding hydrogens is 246 g/mol. The van der Waals surface area contributed by atoms with Crippen LogP contribution in [0.5, 0.6) is 0 Å². The molecule has 0 spiro atoms. The van der Waals surface area contributed by atoms with Gasteiger partial charge in [0, 0.05) is 6.42 Å². The topological polar surface area (TPSA) is 0 Å². The predicted molar refractivity (Wildman–Crippen MR) is 36.9 cm³/mol. The van der Waals surface area contributed by atoms with Crippen molar-refractivity contribution in [1.82, 2.24) is 0 Å². The molecule has 0 aromatic carbocycles. The van der Waals surface area contributed by atoms with Crippen molar-refractivity contribution in [1.29, 1.82) is 0 Å². The van der Waals surface area contributed by atoms with Gasteiger partial charge in [0.1, 0.15) is 6.17 Å². The van der Waals surface area contributed by atoms with Crippen molar-refractivity contribution in [2.75, 3.05) is 0 Å². The lowest BCUT2D eigenvalue weighted by Crippen LogP contribution is -2.08. The fourth-order valence-electron chi connectivity index (χ4n) is 0.319. The average Bonchev–Trinajstić information content (AvgIpc) is 1.21. The molecule has 4 heteroatoms. The van der Waals surface area contributed by atoms with E-state index in [-0.39, 0.29) is 6.42 Å². The van der Waals surface area contributed by atoms with Crippen molar-refractivity contribution < 1.29 is 8.78 Å². The van der Waals surface area contributed by atoms with Crippen LogP contribution in [0.25, 0.3) is 0 Å². The van der Waals surface area contributed by atoms with Crippen molar-refractivity contribution in [3.8, 4) is 0 Å². The van der Waals surface area contributed by atoms with Gasteiger partial charge in [-0.25, -0.2) is 8.78 Å². The quantitative estimate of drug-likeness (QED) is 0.662. The smallest absolute Gasteiger partial charge is 0.221 e. The van der Waals surface area contributed by atoms with Gasteiger partial charge in [-0.2, -0.15) is 0 Å². The van der Waals surface area contributed by atoms with Gasteiger partial charge in [-0.15, -0.1) is 0 Å². The zero-order chi connectivity index (χ0) is 6.78. The molecule has 0 saturated heterocycles. The Labute approximate surface area is 63.9 Å². The molecule has 1 atom stereocenters. The van der Waals surface area contributed by atoms with Gasteiger partial charge in [0.25, 0.3) is 0 Å². The normalized spacial score (nSPS) is 16.1. The van der Waals surface area contributed by atoms with Crippen molar-refractivity contribution >= 4 is 31.9 Å². The summed E-state index contributed by atoms with van der Waals surface area (Å²) in [6, 6.07) is 0. The van der Waals surface area contributed by atoms with Gasteiger partial charge in [-0.1, -0.05) is 0 Å². The Kier molecular flexibility index (Phi) is 3.43. The first-order valence-corrected chi connectivity index (χ1v) is 3.71. The lowest BCUT2D eigenvalue weighted by Gasteiger charge is -2.08. The molecule has 1 unspecified atom stereocenters. The van der Waals surface area contributed by atoms with Crippen LogP contribution in [0.1, 0.15) is 13.3 Å². The van der Waals surface area contributed by atoms with E-state index in [1.54, 1.807) is 0 Å². The molecular formula is C4H6Br2F2. The number of halogens is 4. The maximum Gasteiger partial charge on any atom is 0.221 e. The van der Waals surface area contributed by atoms with Crippen LogP contribution in [0.3, 0.4) is 0 Å². The first-order chi connectivity index (χ1) is 3.42. The number of rotatable bonds is 2. The summed E-state index contributed by atoms with van der Waals surface area (Å²) in [6.07, 6.45) is -1.30. The molecule has 0 rings (SSSR count). The molecule has 0 heterocycles. The van der Waals surface area contributed by atoms with Gasteiger partial charge < -0.3 is 0 Å². The van der Waals surface area contributed by atoms with E-state index in [0.29, 0.717) is 0 Å². The number of hydrogen-bond donors (Lipinski definition) is 0. The summed E-state index contributed by atoms with van der Waals surface area (Å²) in [5.41, 5.74) is 0. The van der Waals surface area contributed by atoms with Gasteiger partial charge in [0.05, 0.1) is 0 Å². The van der Waals surface area contributed by atoms with Crippen molar-refractivity contribution in [3.63, 3.8) is 0 Å². The maximum absolute atomic E-state index is 12.2. The summed E-state index contributed by atoms with van der Waals surface area (Å²) < 4.78 is 22.4. The Balaban J connectivity index is 3.39. The second kappa shape index (κ2) is 3.11. The molecule has 0 aromatic rings. The van der Waals surface area contributed by atoms with Crippen molar-refractivity contribution in [2.45, 2.75) is 23.0 Å². The number of alkyl halides is 4. The molecule has 0 aliphatic rings. The molecule has 0 bridgehead atoms. The van der Waals surface area contributed by atoms with Gasteiger partial charge in [0.2, 0.25) is 3.49 Å². The van der Waals surface area contributed by atoms with Crippen LogP contribution >= 0.6 is 31.9 Å². The Hall–Kier alpha value is 0.820. The molecule has 50 valence electrons. The molecule has 0 nitrogen and oxygen atoms in total. The van der Waals surface area contributed by atoms with E-state index in [2.05, 4.69) is 31.9 Å². The Morgan fingerprint density at radius 2 is 2.00 bits per heavy atom. The molecule has 0 fully saturated rings. The van der Waals surface area contributed by atoms with E-state index in [9.17, 15) is 8.78 Å². The van der Waals surface area contributed by atoms with E-state index in [4.69, 9.17) is 0 Å². The van der Waals surface area contributed by atoms with Crippen LogP contribution in [-0.2, 0) is 0 Å². The van der Waals surface area contributed by atoms with E-state index >= 15 is 0 Å². The summed E-state index contributed by atoms with van der Waals surface area (Å²) >= 11 is 5.18. The summed E-state index contributed by atoms with van der Waals surface area (Å²) in [5, 5.41) is 0. The van der Waals surface area contributed by atoms with E-state index in [1.165, 1.54) is 6.92 Å². The standard InChI is InChI=1S/C4H6Br2F2/c1-3(7)2-4(5,6)8/h3H,2H2,1H3. The van der Waals surface area contributed by atoms with Gasteiger partial charge >= 0.3 is 0 Å². The fourth-order valence-corrected chi connectivity index (χ4v) is 1.21. The van der Waals surface area contributed by atoms with Crippen LogP contribution in [0.4, 0.5) is 8.78 Å². The highest BCUT2D eigenvalue weighted by atomic mass is 79.9. The highest BCUT2D eigenvalue weighted by Gasteiger charge is 2.23. The monoisotopic (exact) mass is 250 g/mol. The lowest BCUT2D eigenvalue weighted by atomic mass is 10.3. The van der Waals surface area contributed by atoms with E-state index in [0.717, 1.165) is 0 Å². The molecule has 0 saturated carbocycles. The number of hydrogen-bond acceptors (Lipinski definition) is 0. The minimum atomic E-state index is -1.73. The summed E-state index contributed by atoms with van der Waals surface area (Å²) in [4.78, 5) is 0. The molecule has 0 radical (unpaired) electrons. The average molecular weight is 252 g/mol. The van der Waals surface area contributed by atoms with Gasteiger partial charge in [0.15, 0.2) is 0 Å². The van der Waals surface area contributed by atoms with E-state index < -0.39 is 9.66 Å². The molecule has 0 aromatic heterocycles. The Bertz CT molecular complexity index is 66.9. The molecule has 0 aliphatic heterocycles. The third kappa shape index (κ3) is 6.82. The largest absolute Gasteiger partial charge is 0.248 e. The maximum atomic E-state index is 12.2. The highest BCUT2D eigenvalue weighted by molar-refractivity contribution is 9.25. The van der Waals surface area contributed by atoms with Crippen molar-refractivity contribution in [3.05, 3.63) is 0 Å². The minimum Gasteiger partial charge on any atom is -0.248 e. The van der Waals surface area contributed by atoms with Crippen LogP contribution in [0.2, 0.25) is 0 Å². The second-order valence-corrected chi connectivity index (χ2v) is 5.18. The molecule has 0 aliphatic carbocycles. The highest BCUT2D eigenvalue weighted by Crippen LogP contribution is 2.33. The molecule has 8 heavy (non-hydrogen) atoms. The van der Waals surface area contributed by atoms with Crippen LogP contribution in [0.15, 0.2) is 0 Å². The Morgan fingerprint density at radius 1 is 1.62 bits per heavy atom. The first-order valence-electron chi connectivity index (χ1n) is 2.12. The van der Waals surface area contributed by atoms with Gasteiger partial charge in [-0.05, 0) is 38.8 Å². The SMILES string of the molecule is CC(F)CC(F)(Br)Br. The zero-order valence-corrected chi connectivity index (χ0v) is 7.47. The summed E-state index contributed by atoms with van der Waals surface area (Å²) in [5.74, 6) is 0. The van der Waals surface area contributed by atoms with Gasteiger partial charge in [-0.3, -0.25) is 0 Å². The lowest BCUT2D eigenvalue weighted by molar-refractivity contribution is 0.278. The zero-order valence-electron chi connectivity index (χ0n) is 4.30. The third-order valence-corrected chi connectivity index (χ3v) is 1.16. The van der Waals surface area contributed by atoms with Crippen LogP contribution in [-0.4, -0.2) is 9.66 Å². The fraction of sp³-hybridized carbons (Fsp3) is 1.00. The van der Waals surface area contributed by atoms with Crippen LogP contribution < -0.4 is 0 Å². The Morgan fingerprint density at radius 3 is 2.00 bits per heavy atom. The summed E-state index contributed by atoms with van der Waals surface area (Å²) in [7, 11) is 0.